The van der Waals surface area contributed by atoms with E-state index >= 15 is 0 Å². The maximum absolute atomic E-state index is 12.2. The van der Waals surface area contributed by atoms with Crippen LogP contribution in [0.3, 0.4) is 0 Å². The van der Waals surface area contributed by atoms with Gasteiger partial charge in [0, 0.05) is 6.54 Å². The molecule has 5 heteroatoms. The van der Waals surface area contributed by atoms with Crippen LogP contribution in [0.25, 0.3) is 0 Å². The molecule has 1 saturated heterocycles. The average molecular weight is 213 g/mol. The van der Waals surface area contributed by atoms with Crippen molar-refractivity contribution in [2.45, 2.75) is 38.5 Å². The molecule has 1 N–H and O–H groups in total. The van der Waals surface area contributed by atoms with Crippen molar-refractivity contribution in [2.24, 2.45) is 0 Å². The van der Waals surface area contributed by atoms with E-state index in [1.54, 1.807) is 7.05 Å². The highest BCUT2D eigenvalue weighted by Crippen LogP contribution is 2.36. The molecular weight excluding hydrogens is 195 g/mol. The van der Waals surface area contributed by atoms with Crippen LogP contribution in [-0.2, 0) is 0 Å². The molecule has 1 heterocycles. The molecule has 1 rings (SSSR count). The molecule has 0 aromatic heterocycles. The summed E-state index contributed by atoms with van der Waals surface area (Å²) in [6, 6.07) is 0. The van der Waals surface area contributed by atoms with Crippen molar-refractivity contribution in [3.05, 3.63) is 0 Å². The van der Waals surface area contributed by atoms with E-state index in [-0.39, 0.29) is 13.0 Å². The summed E-state index contributed by atoms with van der Waals surface area (Å²) < 4.78 is 36.7. The number of likely N-dealkylation sites (tertiary alicyclic amines) is 1. The van der Waals surface area contributed by atoms with E-state index in [9.17, 15) is 18.3 Å². The number of nitrogens with zero attached hydrogens (tertiary/aromatic N) is 1. The lowest BCUT2D eigenvalue weighted by Gasteiger charge is -2.38. The number of halogens is 3. The minimum absolute atomic E-state index is 0.180. The monoisotopic (exact) mass is 213 g/mol. The van der Waals surface area contributed by atoms with Crippen LogP contribution in [0.1, 0.15) is 26.7 Å². The Balaban J connectivity index is 0.000000791. The Labute approximate surface area is 82.7 Å². The third kappa shape index (κ3) is 3.13. The molecule has 1 unspecified atom stereocenters. The second kappa shape index (κ2) is 4.98. The van der Waals surface area contributed by atoms with Gasteiger partial charge in [0.15, 0.2) is 5.60 Å². The van der Waals surface area contributed by atoms with E-state index in [1.165, 1.54) is 4.90 Å². The second-order valence-corrected chi connectivity index (χ2v) is 3.37. The molecule has 2 nitrogen and oxygen atoms in total. The van der Waals surface area contributed by atoms with Gasteiger partial charge in [-0.05, 0) is 26.4 Å². The van der Waals surface area contributed by atoms with Crippen LogP contribution in [0, 0.1) is 0 Å². The fraction of sp³-hybridized carbons (Fsp3) is 1.00. The molecule has 0 spiro atoms. The number of hydrogen-bond acceptors (Lipinski definition) is 2. The molecule has 0 amide bonds. The molecular formula is C9H18F3NO. The maximum atomic E-state index is 12.2. The summed E-state index contributed by atoms with van der Waals surface area (Å²) in [6.07, 6.45) is -4.28. The lowest BCUT2D eigenvalue weighted by Crippen LogP contribution is -2.55. The van der Waals surface area contributed by atoms with Crippen LogP contribution in [0.5, 0.6) is 0 Å². The van der Waals surface area contributed by atoms with Crippen molar-refractivity contribution in [1.29, 1.82) is 0 Å². The molecule has 14 heavy (non-hydrogen) atoms. The summed E-state index contributed by atoms with van der Waals surface area (Å²) in [6.45, 7) is 4.31. The number of aliphatic hydroxyl groups is 1. The lowest BCUT2D eigenvalue weighted by molar-refractivity contribution is -0.272. The summed E-state index contributed by atoms with van der Waals surface area (Å²) in [5.41, 5.74) is -2.49. The lowest BCUT2D eigenvalue weighted by atomic mass is 9.93. The standard InChI is InChI=1S/C7H12F3NO.C2H6/c1-11-4-2-3-6(12,5-11)7(8,9)10;1-2/h12H,2-5H2,1H3;1-2H3. The Hall–Kier alpha value is -0.290. The summed E-state index contributed by atoms with van der Waals surface area (Å²) >= 11 is 0. The number of alkyl halides is 3. The van der Waals surface area contributed by atoms with Crippen LogP contribution < -0.4 is 0 Å². The smallest absolute Gasteiger partial charge is 0.379 e. The van der Waals surface area contributed by atoms with Gasteiger partial charge in [-0.25, -0.2) is 0 Å². The van der Waals surface area contributed by atoms with E-state index in [2.05, 4.69) is 0 Å². The van der Waals surface area contributed by atoms with Crippen LogP contribution >= 0.6 is 0 Å². The average Bonchev–Trinajstić information content (AvgIpc) is 2.05. The summed E-state index contributed by atoms with van der Waals surface area (Å²) in [5, 5.41) is 9.21. The highest BCUT2D eigenvalue weighted by atomic mass is 19.4. The first kappa shape index (κ1) is 13.7. The van der Waals surface area contributed by atoms with Gasteiger partial charge in [-0.15, -0.1) is 0 Å². The van der Waals surface area contributed by atoms with Crippen molar-refractivity contribution in [3.8, 4) is 0 Å². The first-order valence-corrected chi connectivity index (χ1v) is 4.83. The fourth-order valence-electron chi connectivity index (χ4n) is 1.48. The Bertz CT molecular complexity index is 172. The summed E-state index contributed by atoms with van der Waals surface area (Å²) in [4.78, 5) is 1.50. The number of hydrogen-bond donors (Lipinski definition) is 1. The maximum Gasteiger partial charge on any atom is 0.418 e. The summed E-state index contributed by atoms with van der Waals surface area (Å²) in [7, 11) is 1.58. The number of likely N-dealkylation sites (N-methyl/N-ethyl adjacent to an activating group) is 1. The highest BCUT2D eigenvalue weighted by molar-refractivity contribution is 4.92. The Kier molecular flexibility index (Phi) is 4.88. The van der Waals surface area contributed by atoms with E-state index in [1.807, 2.05) is 13.8 Å². The van der Waals surface area contributed by atoms with Gasteiger partial charge in [0.25, 0.3) is 0 Å². The van der Waals surface area contributed by atoms with Gasteiger partial charge in [0.2, 0.25) is 0 Å². The first-order chi connectivity index (χ1) is 6.35. The van der Waals surface area contributed by atoms with E-state index in [4.69, 9.17) is 0 Å². The third-order valence-electron chi connectivity index (χ3n) is 2.19. The molecule has 1 aliphatic rings. The van der Waals surface area contributed by atoms with Gasteiger partial charge in [-0.1, -0.05) is 13.8 Å². The summed E-state index contributed by atoms with van der Waals surface area (Å²) in [5.74, 6) is 0. The normalized spacial score (nSPS) is 29.4. The van der Waals surface area contributed by atoms with Crippen molar-refractivity contribution in [1.82, 2.24) is 4.90 Å². The van der Waals surface area contributed by atoms with E-state index in [0.717, 1.165) is 0 Å². The number of rotatable bonds is 0. The van der Waals surface area contributed by atoms with Gasteiger partial charge in [-0.3, -0.25) is 0 Å². The quantitative estimate of drug-likeness (QED) is 0.665. The number of piperidine rings is 1. The fourth-order valence-corrected chi connectivity index (χ4v) is 1.48. The molecule has 0 saturated carbocycles. The molecule has 0 aromatic rings. The van der Waals surface area contributed by atoms with E-state index in [0.29, 0.717) is 13.0 Å². The van der Waals surface area contributed by atoms with Crippen LogP contribution in [0.15, 0.2) is 0 Å². The van der Waals surface area contributed by atoms with Crippen LogP contribution in [0.2, 0.25) is 0 Å². The largest absolute Gasteiger partial charge is 0.418 e. The Morgan fingerprint density at radius 3 is 2.07 bits per heavy atom. The topological polar surface area (TPSA) is 23.5 Å². The van der Waals surface area contributed by atoms with Crippen LogP contribution in [0.4, 0.5) is 13.2 Å². The molecule has 0 bridgehead atoms. The zero-order valence-electron chi connectivity index (χ0n) is 8.86. The molecule has 1 atom stereocenters. The van der Waals surface area contributed by atoms with Gasteiger partial charge >= 0.3 is 6.18 Å². The van der Waals surface area contributed by atoms with Gasteiger partial charge < -0.3 is 10.0 Å². The molecule has 1 aliphatic heterocycles. The van der Waals surface area contributed by atoms with Crippen LogP contribution in [-0.4, -0.2) is 41.9 Å². The predicted molar refractivity (Wildman–Crippen MR) is 49.1 cm³/mol. The zero-order valence-corrected chi connectivity index (χ0v) is 8.86. The highest BCUT2D eigenvalue weighted by Gasteiger charge is 2.54. The molecule has 86 valence electrons. The molecule has 0 radical (unpaired) electrons. The van der Waals surface area contributed by atoms with E-state index < -0.39 is 11.8 Å². The minimum Gasteiger partial charge on any atom is -0.379 e. The third-order valence-corrected chi connectivity index (χ3v) is 2.19. The molecule has 0 aromatic carbocycles. The van der Waals surface area contributed by atoms with Crippen molar-refractivity contribution < 1.29 is 18.3 Å². The van der Waals surface area contributed by atoms with Gasteiger partial charge in [0.05, 0.1) is 0 Å². The Morgan fingerprint density at radius 1 is 1.29 bits per heavy atom. The van der Waals surface area contributed by atoms with Crippen molar-refractivity contribution in [2.75, 3.05) is 20.1 Å². The van der Waals surface area contributed by atoms with Gasteiger partial charge in [0.1, 0.15) is 0 Å². The van der Waals surface area contributed by atoms with Crippen molar-refractivity contribution >= 4 is 0 Å². The molecule has 0 aliphatic carbocycles. The van der Waals surface area contributed by atoms with Gasteiger partial charge in [-0.2, -0.15) is 13.2 Å². The Morgan fingerprint density at radius 2 is 1.79 bits per heavy atom. The molecule has 1 fully saturated rings. The zero-order chi connectivity index (χ0) is 11.4. The predicted octanol–water partition coefficient (Wildman–Crippen LogP) is 2.03. The first-order valence-electron chi connectivity index (χ1n) is 4.83. The SMILES string of the molecule is CC.CN1CCCC(O)(C(F)(F)F)C1. The number of β-amino-alcohol motifs (C(OH)–C–C–N with tert-alkyl or cyclic N) is 1. The minimum atomic E-state index is -4.50. The second-order valence-electron chi connectivity index (χ2n) is 3.37. The van der Waals surface area contributed by atoms with Crippen molar-refractivity contribution in [3.63, 3.8) is 0 Å².